The van der Waals surface area contributed by atoms with Crippen LogP contribution in [0.2, 0.25) is 0 Å². The zero-order chi connectivity index (χ0) is 15.8. The predicted octanol–water partition coefficient (Wildman–Crippen LogP) is 2.69. The Labute approximate surface area is 134 Å². The second-order valence-corrected chi connectivity index (χ2v) is 5.83. The summed E-state index contributed by atoms with van der Waals surface area (Å²) in [6.45, 7) is 1.95. The van der Waals surface area contributed by atoms with Crippen molar-refractivity contribution in [1.82, 2.24) is 10.9 Å². The minimum absolute atomic E-state index is 0.221. The van der Waals surface area contributed by atoms with Gasteiger partial charge in [0.15, 0.2) is 0 Å². The number of hydrogen-bond acceptors (Lipinski definition) is 3. The SMILES string of the molecule is Cc1ccc(C(=O)NNC(=O)CSCc2ccccc2)cc1. The lowest BCUT2D eigenvalue weighted by Crippen LogP contribution is -2.42. The zero-order valence-corrected chi connectivity index (χ0v) is 13.2. The van der Waals surface area contributed by atoms with Gasteiger partial charge in [0.05, 0.1) is 5.75 Å². The number of benzene rings is 2. The molecule has 0 aliphatic carbocycles. The first-order valence-electron chi connectivity index (χ1n) is 6.92. The first kappa shape index (κ1) is 16.1. The highest BCUT2D eigenvalue weighted by Gasteiger charge is 2.07. The highest BCUT2D eigenvalue weighted by atomic mass is 32.2. The number of amides is 2. The van der Waals surface area contributed by atoms with E-state index < -0.39 is 0 Å². The maximum Gasteiger partial charge on any atom is 0.269 e. The van der Waals surface area contributed by atoms with Crippen LogP contribution in [0.25, 0.3) is 0 Å². The molecule has 5 heteroatoms. The molecule has 114 valence electrons. The summed E-state index contributed by atoms with van der Waals surface area (Å²) in [5, 5.41) is 0. The normalized spacial score (nSPS) is 10.0. The van der Waals surface area contributed by atoms with Crippen LogP contribution in [0.15, 0.2) is 54.6 Å². The van der Waals surface area contributed by atoms with Crippen molar-refractivity contribution in [3.8, 4) is 0 Å². The quantitative estimate of drug-likeness (QED) is 0.834. The van der Waals surface area contributed by atoms with Crippen molar-refractivity contribution in [3.05, 3.63) is 71.3 Å². The second-order valence-electron chi connectivity index (χ2n) is 4.85. The van der Waals surface area contributed by atoms with Crippen LogP contribution in [-0.2, 0) is 10.5 Å². The molecular formula is C17H18N2O2S. The number of nitrogens with one attached hydrogen (secondary N) is 2. The molecule has 2 N–H and O–H groups in total. The summed E-state index contributed by atoms with van der Waals surface area (Å²) in [5.74, 6) is 0.520. The summed E-state index contributed by atoms with van der Waals surface area (Å²) in [4.78, 5) is 23.5. The van der Waals surface area contributed by atoms with Gasteiger partial charge in [-0.2, -0.15) is 0 Å². The van der Waals surface area contributed by atoms with Crippen LogP contribution in [0.5, 0.6) is 0 Å². The summed E-state index contributed by atoms with van der Waals surface area (Å²) >= 11 is 1.50. The second kappa shape index (κ2) is 8.24. The number of carbonyl (C=O) groups is 2. The largest absolute Gasteiger partial charge is 0.272 e. The number of carbonyl (C=O) groups excluding carboxylic acids is 2. The molecule has 0 bridgehead atoms. The third-order valence-corrected chi connectivity index (χ3v) is 3.98. The van der Waals surface area contributed by atoms with E-state index >= 15 is 0 Å². The van der Waals surface area contributed by atoms with Crippen LogP contribution in [0.3, 0.4) is 0 Å². The molecule has 0 spiro atoms. The molecule has 0 saturated heterocycles. The fourth-order valence-electron chi connectivity index (χ4n) is 1.78. The van der Waals surface area contributed by atoms with Crippen molar-refractivity contribution < 1.29 is 9.59 Å². The minimum Gasteiger partial charge on any atom is -0.272 e. The van der Waals surface area contributed by atoms with Gasteiger partial charge in [-0.05, 0) is 24.6 Å². The highest BCUT2D eigenvalue weighted by Crippen LogP contribution is 2.10. The number of hydrazine groups is 1. The molecule has 0 fully saturated rings. The predicted molar refractivity (Wildman–Crippen MR) is 89.4 cm³/mol. The van der Waals surface area contributed by atoms with Gasteiger partial charge in [-0.15, -0.1) is 11.8 Å². The molecule has 0 aliphatic heterocycles. The molecule has 2 aromatic rings. The van der Waals surface area contributed by atoms with Crippen LogP contribution in [0.4, 0.5) is 0 Å². The first-order valence-corrected chi connectivity index (χ1v) is 8.08. The van der Waals surface area contributed by atoms with Crippen LogP contribution in [0, 0.1) is 6.92 Å². The van der Waals surface area contributed by atoms with E-state index in [9.17, 15) is 9.59 Å². The summed E-state index contributed by atoms with van der Waals surface area (Å²) < 4.78 is 0. The lowest BCUT2D eigenvalue weighted by Gasteiger charge is -2.07. The lowest BCUT2D eigenvalue weighted by atomic mass is 10.1. The minimum atomic E-state index is -0.318. The van der Waals surface area contributed by atoms with Crippen LogP contribution in [-0.4, -0.2) is 17.6 Å². The van der Waals surface area contributed by atoms with Gasteiger partial charge in [-0.3, -0.25) is 20.4 Å². The molecule has 0 radical (unpaired) electrons. The molecule has 22 heavy (non-hydrogen) atoms. The van der Waals surface area contributed by atoms with Crippen LogP contribution < -0.4 is 10.9 Å². The van der Waals surface area contributed by atoms with Crippen molar-refractivity contribution in [2.24, 2.45) is 0 Å². The Bertz CT molecular complexity index is 627. The van der Waals surface area contributed by atoms with Gasteiger partial charge in [-0.1, -0.05) is 48.0 Å². The topological polar surface area (TPSA) is 58.2 Å². The van der Waals surface area contributed by atoms with Gasteiger partial charge >= 0.3 is 0 Å². The van der Waals surface area contributed by atoms with E-state index in [0.29, 0.717) is 11.3 Å². The smallest absolute Gasteiger partial charge is 0.269 e. The molecular weight excluding hydrogens is 296 g/mol. The Kier molecular flexibility index (Phi) is 6.03. The number of rotatable bonds is 5. The third kappa shape index (κ3) is 5.26. The molecule has 2 amide bonds. The molecule has 0 aliphatic rings. The maximum atomic E-state index is 11.8. The van der Waals surface area contributed by atoms with E-state index in [1.807, 2.05) is 49.4 Å². The fraction of sp³-hybridized carbons (Fsp3) is 0.176. The highest BCUT2D eigenvalue weighted by molar-refractivity contribution is 7.99. The van der Waals surface area contributed by atoms with Crippen LogP contribution in [0.1, 0.15) is 21.5 Å². The standard InChI is InChI=1S/C17H18N2O2S/c1-13-7-9-15(10-8-13)17(21)19-18-16(20)12-22-11-14-5-3-2-4-6-14/h2-10H,11-12H2,1H3,(H,18,20)(H,19,21). The first-order chi connectivity index (χ1) is 10.6. The molecule has 0 atom stereocenters. The van der Waals surface area contributed by atoms with Crippen molar-refractivity contribution in [2.75, 3.05) is 5.75 Å². The number of aryl methyl sites for hydroxylation is 1. The Morgan fingerprint density at radius 1 is 0.955 bits per heavy atom. The fourth-order valence-corrected chi connectivity index (χ4v) is 2.56. The van der Waals surface area contributed by atoms with Gasteiger partial charge in [-0.25, -0.2) is 0 Å². The van der Waals surface area contributed by atoms with E-state index in [-0.39, 0.29) is 11.8 Å². The van der Waals surface area contributed by atoms with Crippen molar-refractivity contribution in [2.45, 2.75) is 12.7 Å². The van der Waals surface area contributed by atoms with Crippen molar-refractivity contribution in [1.29, 1.82) is 0 Å². The Hall–Kier alpha value is -2.27. The van der Waals surface area contributed by atoms with E-state index in [1.54, 1.807) is 12.1 Å². The Balaban J connectivity index is 1.69. The average molecular weight is 314 g/mol. The molecule has 2 aromatic carbocycles. The van der Waals surface area contributed by atoms with Crippen LogP contribution >= 0.6 is 11.8 Å². The van der Waals surface area contributed by atoms with E-state index in [0.717, 1.165) is 11.3 Å². The molecule has 4 nitrogen and oxygen atoms in total. The van der Waals surface area contributed by atoms with Gasteiger partial charge in [0.1, 0.15) is 0 Å². The van der Waals surface area contributed by atoms with E-state index in [1.165, 1.54) is 17.3 Å². The number of hydrogen-bond donors (Lipinski definition) is 2. The lowest BCUT2D eigenvalue weighted by molar-refractivity contribution is -0.119. The van der Waals surface area contributed by atoms with E-state index in [4.69, 9.17) is 0 Å². The third-order valence-electron chi connectivity index (χ3n) is 2.97. The molecule has 0 unspecified atom stereocenters. The average Bonchev–Trinajstić information content (AvgIpc) is 2.54. The Morgan fingerprint density at radius 3 is 2.32 bits per heavy atom. The van der Waals surface area contributed by atoms with Gasteiger partial charge < -0.3 is 0 Å². The molecule has 2 rings (SSSR count). The molecule has 0 heterocycles. The summed E-state index contributed by atoms with van der Waals surface area (Å²) in [6, 6.07) is 17.1. The summed E-state index contributed by atoms with van der Waals surface area (Å²) in [6.07, 6.45) is 0. The molecule has 0 saturated carbocycles. The zero-order valence-electron chi connectivity index (χ0n) is 12.3. The van der Waals surface area contributed by atoms with Crippen molar-refractivity contribution in [3.63, 3.8) is 0 Å². The van der Waals surface area contributed by atoms with Gasteiger partial charge in [0.25, 0.3) is 5.91 Å². The number of thioether (sulfide) groups is 1. The van der Waals surface area contributed by atoms with Gasteiger partial charge in [0, 0.05) is 11.3 Å². The van der Waals surface area contributed by atoms with E-state index in [2.05, 4.69) is 10.9 Å². The summed E-state index contributed by atoms with van der Waals surface area (Å²) in [7, 11) is 0. The summed E-state index contributed by atoms with van der Waals surface area (Å²) in [5.41, 5.74) is 7.61. The maximum absolute atomic E-state index is 11.8. The molecule has 0 aromatic heterocycles. The van der Waals surface area contributed by atoms with Crippen molar-refractivity contribution >= 4 is 23.6 Å². The Morgan fingerprint density at radius 2 is 1.64 bits per heavy atom. The monoisotopic (exact) mass is 314 g/mol. The van der Waals surface area contributed by atoms with Gasteiger partial charge in [0.2, 0.25) is 5.91 Å².